The van der Waals surface area contributed by atoms with E-state index in [1.807, 2.05) is 6.92 Å². The van der Waals surface area contributed by atoms with E-state index in [4.69, 9.17) is 4.74 Å². The van der Waals surface area contributed by atoms with Crippen LogP contribution < -0.4 is 10.6 Å². The van der Waals surface area contributed by atoms with Gasteiger partial charge in [0.2, 0.25) is 5.91 Å². The molecule has 1 aliphatic rings. The summed E-state index contributed by atoms with van der Waals surface area (Å²) in [6.45, 7) is 7.32. The summed E-state index contributed by atoms with van der Waals surface area (Å²) in [6, 6.07) is -1.48. The molecule has 8 heteroatoms. The third kappa shape index (κ3) is 7.39. The van der Waals surface area contributed by atoms with Crippen LogP contribution >= 0.6 is 0 Å². The first kappa shape index (κ1) is 23.8. The predicted molar refractivity (Wildman–Crippen MR) is 113 cm³/mol. The van der Waals surface area contributed by atoms with Crippen molar-refractivity contribution in [3.63, 3.8) is 0 Å². The maximum absolute atomic E-state index is 13.2. The van der Waals surface area contributed by atoms with E-state index < -0.39 is 29.6 Å². The van der Waals surface area contributed by atoms with Crippen molar-refractivity contribution in [3.05, 3.63) is 24.3 Å². The lowest BCUT2D eigenvalue weighted by Gasteiger charge is -2.31. The second kappa shape index (κ2) is 11.0. The Kier molecular flexibility index (Phi) is 8.74. The summed E-state index contributed by atoms with van der Waals surface area (Å²) in [6.07, 6.45) is 10.3. The minimum Gasteiger partial charge on any atom is -0.458 e. The lowest BCUT2D eigenvalue weighted by Crippen LogP contribution is -2.55. The Morgan fingerprint density at radius 1 is 1.13 bits per heavy atom. The molecular weight excluding hydrogens is 384 g/mol. The fraction of sp³-hybridized carbons (Fsp3) is 0.682. The normalized spacial score (nSPS) is 16.9. The molecule has 30 heavy (non-hydrogen) atoms. The van der Waals surface area contributed by atoms with Gasteiger partial charge in [-0.05, 0) is 46.0 Å². The molecular formula is C22H34N4O4. The number of nitrogens with zero attached hydrogens (tertiary/aromatic N) is 2. The van der Waals surface area contributed by atoms with Crippen molar-refractivity contribution < 1.29 is 19.1 Å². The Labute approximate surface area is 178 Å². The monoisotopic (exact) mass is 418 g/mol. The number of nitrogens with one attached hydrogen (secondary N) is 2. The van der Waals surface area contributed by atoms with Gasteiger partial charge in [0.1, 0.15) is 23.4 Å². The molecule has 0 radical (unpaired) electrons. The maximum Gasteiger partial charge on any atom is 0.329 e. The third-order valence-corrected chi connectivity index (χ3v) is 5.07. The first-order valence-electron chi connectivity index (χ1n) is 10.8. The molecule has 0 saturated heterocycles. The van der Waals surface area contributed by atoms with E-state index in [1.165, 1.54) is 18.6 Å². The van der Waals surface area contributed by atoms with Crippen molar-refractivity contribution in [2.45, 2.75) is 90.3 Å². The van der Waals surface area contributed by atoms with E-state index in [9.17, 15) is 14.4 Å². The number of carbonyl (C=O) groups is 3. The molecule has 8 nitrogen and oxygen atoms in total. The van der Waals surface area contributed by atoms with Crippen LogP contribution in [0.3, 0.4) is 0 Å². The number of hydrogen-bond acceptors (Lipinski definition) is 6. The van der Waals surface area contributed by atoms with Crippen LogP contribution in [0.1, 0.15) is 83.1 Å². The number of ether oxygens (including phenoxy) is 1. The van der Waals surface area contributed by atoms with Crippen molar-refractivity contribution in [1.29, 1.82) is 0 Å². The van der Waals surface area contributed by atoms with Gasteiger partial charge in [-0.15, -0.1) is 0 Å². The number of amides is 2. The van der Waals surface area contributed by atoms with Gasteiger partial charge in [0, 0.05) is 12.4 Å². The molecule has 0 bridgehead atoms. The first-order chi connectivity index (χ1) is 14.2. The van der Waals surface area contributed by atoms with Crippen LogP contribution in [-0.4, -0.2) is 45.4 Å². The fourth-order valence-corrected chi connectivity index (χ4v) is 3.67. The van der Waals surface area contributed by atoms with Crippen LogP contribution in [0, 0.1) is 5.92 Å². The van der Waals surface area contributed by atoms with Gasteiger partial charge in [0.05, 0.1) is 6.20 Å². The van der Waals surface area contributed by atoms with Gasteiger partial charge in [-0.1, -0.05) is 32.6 Å². The van der Waals surface area contributed by atoms with Crippen molar-refractivity contribution in [3.8, 4) is 0 Å². The quantitative estimate of drug-likeness (QED) is 0.628. The van der Waals surface area contributed by atoms with Crippen LogP contribution in [0.5, 0.6) is 0 Å². The SMILES string of the molecule is CCCC(NC(=O)[C@@H](NC(=O)c1cnccn1)C1CCCCC1)C(=O)OC(C)(C)C. The Bertz CT molecular complexity index is 712. The van der Waals surface area contributed by atoms with Gasteiger partial charge in [-0.2, -0.15) is 0 Å². The summed E-state index contributed by atoms with van der Waals surface area (Å²) in [4.78, 5) is 46.4. The van der Waals surface area contributed by atoms with Gasteiger partial charge in [-0.3, -0.25) is 14.6 Å². The van der Waals surface area contributed by atoms with E-state index in [-0.39, 0.29) is 17.5 Å². The lowest BCUT2D eigenvalue weighted by atomic mass is 9.83. The zero-order valence-corrected chi connectivity index (χ0v) is 18.4. The summed E-state index contributed by atoms with van der Waals surface area (Å²) in [5.41, 5.74) is -0.486. The average molecular weight is 419 g/mol. The minimum absolute atomic E-state index is 0.0142. The molecule has 2 amide bonds. The zero-order valence-electron chi connectivity index (χ0n) is 18.4. The molecule has 1 aromatic heterocycles. The largest absolute Gasteiger partial charge is 0.458 e. The van der Waals surface area contributed by atoms with Gasteiger partial charge < -0.3 is 15.4 Å². The van der Waals surface area contributed by atoms with E-state index in [0.29, 0.717) is 12.8 Å². The molecule has 1 aromatic rings. The minimum atomic E-state index is -0.749. The van der Waals surface area contributed by atoms with Crippen LogP contribution in [-0.2, 0) is 14.3 Å². The Hall–Kier alpha value is -2.51. The molecule has 1 aliphatic carbocycles. The molecule has 2 atom stereocenters. The number of hydrogen-bond donors (Lipinski definition) is 2. The topological polar surface area (TPSA) is 110 Å². The van der Waals surface area contributed by atoms with Crippen LogP contribution in [0.25, 0.3) is 0 Å². The van der Waals surface area contributed by atoms with Crippen molar-refractivity contribution in [2.24, 2.45) is 5.92 Å². The highest BCUT2D eigenvalue weighted by Crippen LogP contribution is 2.27. The van der Waals surface area contributed by atoms with Gasteiger partial charge in [0.15, 0.2) is 0 Å². The second-order valence-corrected chi connectivity index (χ2v) is 8.82. The highest BCUT2D eigenvalue weighted by Gasteiger charge is 2.34. The van der Waals surface area contributed by atoms with E-state index >= 15 is 0 Å². The highest BCUT2D eigenvalue weighted by atomic mass is 16.6. The Morgan fingerprint density at radius 3 is 2.40 bits per heavy atom. The predicted octanol–water partition coefficient (Wildman–Crippen LogP) is 2.78. The second-order valence-electron chi connectivity index (χ2n) is 8.82. The van der Waals surface area contributed by atoms with Crippen LogP contribution in [0.4, 0.5) is 0 Å². The van der Waals surface area contributed by atoms with Crippen molar-refractivity contribution >= 4 is 17.8 Å². The van der Waals surface area contributed by atoms with E-state index in [1.54, 1.807) is 20.8 Å². The smallest absolute Gasteiger partial charge is 0.329 e. The van der Waals surface area contributed by atoms with Crippen LogP contribution in [0.2, 0.25) is 0 Å². The summed E-state index contributed by atoms with van der Waals surface area (Å²) in [5, 5.41) is 5.66. The summed E-state index contributed by atoms with van der Waals surface area (Å²) < 4.78 is 5.47. The summed E-state index contributed by atoms with van der Waals surface area (Å²) in [7, 11) is 0. The van der Waals surface area contributed by atoms with Crippen molar-refractivity contribution in [1.82, 2.24) is 20.6 Å². The van der Waals surface area contributed by atoms with E-state index in [0.717, 1.165) is 32.1 Å². The molecule has 1 saturated carbocycles. The van der Waals surface area contributed by atoms with Crippen molar-refractivity contribution in [2.75, 3.05) is 0 Å². The lowest BCUT2D eigenvalue weighted by molar-refractivity contribution is -0.159. The third-order valence-electron chi connectivity index (χ3n) is 5.07. The number of esters is 1. The molecule has 0 aliphatic heterocycles. The summed E-state index contributed by atoms with van der Waals surface area (Å²) in [5.74, 6) is -1.25. The first-order valence-corrected chi connectivity index (χ1v) is 10.8. The maximum atomic E-state index is 13.2. The molecule has 166 valence electrons. The highest BCUT2D eigenvalue weighted by molar-refractivity contribution is 5.96. The Balaban J connectivity index is 2.15. The van der Waals surface area contributed by atoms with Gasteiger partial charge in [-0.25, -0.2) is 9.78 Å². The Morgan fingerprint density at radius 2 is 1.83 bits per heavy atom. The summed E-state index contributed by atoms with van der Waals surface area (Å²) >= 11 is 0. The molecule has 1 heterocycles. The molecule has 2 rings (SSSR count). The fourth-order valence-electron chi connectivity index (χ4n) is 3.67. The zero-order chi connectivity index (χ0) is 22.1. The molecule has 2 N–H and O–H groups in total. The van der Waals surface area contributed by atoms with Crippen LogP contribution in [0.15, 0.2) is 18.6 Å². The number of carbonyl (C=O) groups excluding carboxylic acids is 3. The number of rotatable bonds is 8. The molecule has 0 spiro atoms. The van der Waals surface area contributed by atoms with Gasteiger partial charge in [0.25, 0.3) is 5.91 Å². The molecule has 1 unspecified atom stereocenters. The standard InChI is InChI=1S/C22H34N4O4/c1-5-9-16(21(29)30-22(2,3)4)25-20(28)18(15-10-7-6-8-11-15)26-19(27)17-14-23-12-13-24-17/h12-16,18H,5-11H2,1-4H3,(H,25,28)(H,26,27)/t16?,18-/m0/s1. The number of aromatic nitrogens is 2. The molecule has 1 fully saturated rings. The van der Waals surface area contributed by atoms with Gasteiger partial charge >= 0.3 is 5.97 Å². The average Bonchev–Trinajstić information content (AvgIpc) is 2.71. The molecule has 0 aromatic carbocycles. The van der Waals surface area contributed by atoms with E-state index in [2.05, 4.69) is 20.6 Å².